The zero-order valence-electron chi connectivity index (χ0n) is 14.8. The van der Waals surface area contributed by atoms with Crippen LogP contribution in [0.15, 0.2) is 42.9 Å². The molecule has 0 N–H and O–H groups in total. The summed E-state index contributed by atoms with van der Waals surface area (Å²) in [4.78, 5) is 13.2. The highest BCUT2D eigenvalue weighted by Crippen LogP contribution is 2.35. The largest absolute Gasteiger partial charge is 0.573 e. The smallest absolute Gasteiger partial charge is 0.406 e. The average Bonchev–Trinajstić information content (AvgIpc) is 3.36. The molecule has 4 rings (SSSR count). The van der Waals surface area contributed by atoms with E-state index in [1.54, 1.807) is 24.7 Å². The standard InChI is InChI=1S/C19H21F3N4O/c20-19(21,22)27-17-5-1-14(2-6-17)11-25-10-8-16(12-25)26(15-3-4-15)18-7-9-23-13-24-18/h1-2,5-7,9,13,15-16H,3-4,8,10-12H2. The maximum Gasteiger partial charge on any atom is 0.573 e. The van der Waals surface area contributed by atoms with E-state index in [4.69, 9.17) is 0 Å². The van der Waals surface area contributed by atoms with Crippen molar-refractivity contribution >= 4 is 5.82 Å². The Balaban J connectivity index is 1.37. The van der Waals surface area contributed by atoms with Crippen LogP contribution >= 0.6 is 0 Å². The van der Waals surface area contributed by atoms with Gasteiger partial charge in [-0.15, -0.1) is 13.2 Å². The van der Waals surface area contributed by atoms with E-state index in [0.717, 1.165) is 30.9 Å². The van der Waals surface area contributed by atoms with Gasteiger partial charge >= 0.3 is 6.36 Å². The average molecular weight is 378 g/mol. The summed E-state index contributed by atoms with van der Waals surface area (Å²) in [5.41, 5.74) is 0.977. The number of rotatable bonds is 6. The maximum absolute atomic E-state index is 12.3. The van der Waals surface area contributed by atoms with Crippen LogP contribution in [-0.4, -0.2) is 46.4 Å². The van der Waals surface area contributed by atoms with Crippen molar-refractivity contribution in [3.05, 3.63) is 48.4 Å². The molecule has 1 unspecified atom stereocenters. The van der Waals surface area contributed by atoms with Crippen molar-refractivity contribution in [3.63, 3.8) is 0 Å². The molecule has 1 aromatic heterocycles. The van der Waals surface area contributed by atoms with Crippen LogP contribution in [0.4, 0.5) is 19.0 Å². The van der Waals surface area contributed by atoms with Gasteiger partial charge < -0.3 is 9.64 Å². The van der Waals surface area contributed by atoms with E-state index in [9.17, 15) is 13.2 Å². The molecule has 0 bridgehead atoms. The lowest BCUT2D eigenvalue weighted by molar-refractivity contribution is -0.274. The molecule has 0 radical (unpaired) electrons. The lowest BCUT2D eigenvalue weighted by atomic mass is 10.2. The molecule has 1 aliphatic carbocycles. The number of aromatic nitrogens is 2. The van der Waals surface area contributed by atoms with Crippen LogP contribution in [0.2, 0.25) is 0 Å². The molecule has 8 heteroatoms. The first-order valence-electron chi connectivity index (χ1n) is 9.09. The Bertz CT molecular complexity index is 750. The second-order valence-electron chi connectivity index (χ2n) is 7.08. The van der Waals surface area contributed by atoms with Crippen LogP contribution in [0.3, 0.4) is 0 Å². The van der Waals surface area contributed by atoms with Crippen molar-refractivity contribution in [3.8, 4) is 5.75 Å². The van der Waals surface area contributed by atoms with Crippen LogP contribution in [0.25, 0.3) is 0 Å². The molecule has 2 heterocycles. The summed E-state index contributed by atoms with van der Waals surface area (Å²) in [6.07, 6.45) is 2.14. The number of hydrogen-bond acceptors (Lipinski definition) is 5. The van der Waals surface area contributed by atoms with E-state index >= 15 is 0 Å². The van der Waals surface area contributed by atoms with E-state index in [2.05, 4.69) is 24.5 Å². The molecule has 0 amide bonds. The molecule has 1 atom stereocenters. The topological polar surface area (TPSA) is 41.5 Å². The van der Waals surface area contributed by atoms with Crippen molar-refractivity contribution < 1.29 is 17.9 Å². The van der Waals surface area contributed by atoms with Gasteiger partial charge in [0.1, 0.15) is 17.9 Å². The molecule has 2 aromatic rings. The van der Waals surface area contributed by atoms with Crippen LogP contribution < -0.4 is 9.64 Å². The van der Waals surface area contributed by atoms with Crippen LogP contribution in [0.1, 0.15) is 24.8 Å². The van der Waals surface area contributed by atoms with Crippen molar-refractivity contribution in [2.45, 2.75) is 44.3 Å². The van der Waals surface area contributed by atoms with Crippen LogP contribution in [0, 0.1) is 0 Å². The number of halogens is 3. The minimum atomic E-state index is -4.66. The highest BCUT2D eigenvalue weighted by molar-refractivity contribution is 5.42. The second-order valence-corrected chi connectivity index (χ2v) is 7.08. The molecule has 1 saturated carbocycles. The minimum absolute atomic E-state index is 0.186. The Morgan fingerprint density at radius 2 is 1.85 bits per heavy atom. The molecule has 27 heavy (non-hydrogen) atoms. The molecule has 1 aliphatic heterocycles. The summed E-state index contributed by atoms with van der Waals surface area (Å²) in [6, 6.07) is 9.04. The van der Waals surface area contributed by atoms with E-state index in [1.165, 1.54) is 25.0 Å². The SMILES string of the molecule is FC(F)(F)Oc1ccc(CN2CCC(N(c3ccncn3)C3CC3)C2)cc1. The van der Waals surface area contributed by atoms with E-state index < -0.39 is 6.36 Å². The Kier molecular flexibility index (Phi) is 4.90. The molecule has 2 fully saturated rings. The number of ether oxygens (including phenoxy) is 1. The first-order valence-corrected chi connectivity index (χ1v) is 9.09. The van der Waals surface area contributed by atoms with Gasteiger partial charge in [-0.3, -0.25) is 4.90 Å². The highest BCUT2D eigenvalue weighted by Gasteiger charge is 2.38. The first kappa shape index (κ1) is 18.0. The van der Waals surface area contributed by atoms with Gasteiger partial charge in [-0.2, -0.15) is 0 Å². The summed E-state index contributed by atoms with van der Waals surface area (Å²) in [5.74, 6) is 0.794. The molecule has 1 aromatic carbocycles. The molecule has 5 nitrogen and oxygen atoms in total. The quantitative estimate of drug-likeness (QED) is 0.768. The van der Waals surface area contributed by atoms with E-state index in [1.807, 2.05) is 6.07 Å². The molecular weight excluding hydrogens is 357 g/mol. The van der Waals surface area contributed by atoms with Gasteiger partial charge in [0.25, 0.3) is 0 Å². The van der Waals surface area contributed by atoms with Gasteiger partial charge in [-0.05, 0) is 43.0 Å². The Morgan fingerprint density at radius 1 is 1.07 bits per heavy atom. The van der Waals surface area contributed by atoms with Crippen molar-refractivity contribution in [2.75, 3.05) is 18.0 Å². The Labute approximate surface area is 155 Å². The monoisotopic (exact) mass is 378 g/mol. The third-order valence-corrected chi connectivity index (χ3v) is 4.98. The van der Waals surface area contributed by atoms with Crippen molar-refractivity contribution in [2.24, 2.45) is 0 Å². The van der Waals surface area contributed by atoms with Gasteiger partial charge in [0.2, 0.25) is 0 Å². The number of anilines is 1. The Morgan fingerprint density at radius 3 is 2.48 bits per heavy atom. The lowest BCUT2D eigenvalue weighted by Gasteiger charge is -2.30. The first-order chi connectivity index (χ1) is 13.0. The van der Waals surface area contributed by atoms with Gasteiger partial charge in [0.15, 0.2) is 0 Å². The fraction of sp³-hybridized carbons (Fsp3) is 0.474. The maximum atomic E-state index is 12.3. The fourth-order valence-electron chi connectivity index (χ4n) is 3.70. The minimum Gasteiger partial charge on any atom is -0.406 e. The van der Waals surface area contributed by atoms with E-state index in [0.29, 0.717) is 18.6 Å². The van der Waals surface area contributed by atoms with Crippen molar-refractivity contribution in [1.29, 1.82) is 0 Å². The van der Waals surface area contributed by atoms with Gasteiger partial charge in [-0.25, -0.2) is 9.97 Å². The molecule has 2 aliphatic rings. The van der Waals surface area contributed by atoms with E-state index in [-0.39, 0.29) is 5.75 Å². The van der Waals surface area contributed by atoms with Crippen LogP contribution in [0.5, 0.6) is 5.75 Å². The normalized spacial score (nSPS) is 20.6. The number of likely N-dealkylation sites (tertiary alicyclic amines) is 1. The van der Waals surface area contributed by atoms with Crippen molar-refractivity contribution in [1.82, 2.24) is 14.9 Å². The molecular formula is C19H21F3N4O. The second kappa shape index (κ2) is 7.34. The summed E-state index contributed by atoms with van der Waals surface area (Å²) < 4.78 is 40.7. The number of alkyl halides is 3. The van der Waals surface area contributed by atoms with Gasteiger partial charge in [0.05, 0.1) is 0 Å². The number of hydrogen-bond donors (Lipinski definition) is 0. The third kappa shape index (κ3) is 4.68. The molecule has 144 valence electrons. The molecule has 1 saturated heterocycles. The highest BCUT2D eigenvalue weighted by atomic mass is 19.4. The molecule has 0 spiro atoms. The lowest BCUT2D eigenvalue weighted by Crippen LogP contribution is -2.39. The summed E-state index contributed by atoms with van der Waals surface area (Å²) in [7, 11) is 0. The summed E-state index contributed by atoms with van der Waals surface area (Å²) >= 11 is 0. The predicted molar refractivity (Wildman–Crippen MR) is 94.3 cm³/mol. The fourth-order valence-corrected chi connectivity index (χ4v) is 3.70. The zero-order valence-corrected chi connectivity index (χ0v) is 14.8. The van der Waals surface area contributed by atoms with Gasteiger partial charge in [0, 0.05) is 37.9 Å². The Hall–Kier alpha value is -2.35. The number of benzene rings is 1. The van der Waals surface area contributed by atoms with Crippen LogP contribution in [-0.2, 0) is 6.54 Å². The summed E-state index contributed by atoms with van der Waals surface area (Å²) in [5, 5.41) is 0. The van der Waals surface area contributed by atoms with Gasteiger partial charge in [-0.1, -0.05) is 12.1 Å². The third-order valence-electron chi connectivity index (χ3n) is 4.98. The summed E-state index contributed by atoms with van der Waals surface area (Å²) in [6.45, 7) is 2.59. The number of nitrogens with zero attached hydrogens (tertiary/aromatic N) is 4. The predicted octanol–water partition coefficient (Wildman–Crippen LogP) is 3.62. The zero-order chi connectivity index (χ0) is 18.9.